The number of aromatic nitrogens is 2. The van der Waals surface area contributed by atoms with E-state index in [-0.39, 0.29) is 0 Å². The maximum absolute atomic E-state index is 9.91. The number of hydrogen-bond donors (Lipinski definition) is 0. The number of carbonyl (C=O) groups excluding carboxylic acids is 1. The van der Waals surface area contributed by atoms with Crippen LogP contribution in [-0.2, 0) is 22.7 Å². The third-order valence-corrected chi connectivity index (χ3v) is 1.71. The Morgan fingerprint density at radius 1 is 1.75 bits per heavy atom. The monoisotopic (exact) mass is 165 g/mol. The van der Waals surface area contributed by atoms with E-state index in [2.05, 4.69) is 9.98 Å². The van der Waals surface area contributed by atoms with Gasteiger partial charge < -0.3 is 9.30 Å². The molecule has 5 heteroatoms. The summed E-state index contributed by atoms with van der Waals surface area (Å²) in [5, 5.41) is 0. The molecule has 0 spiro atoms. The van der Waals surface area contributed by atoms with Crippen molar-refractivity contribution in [3.63, 3.8) is 0 Å². The van der Waals surface area contributed by atoms with Crippen LogP contribution in [0.25, 0.3) is 0 Å². The second-order valence-corrected chi connectivity index (χ2v) is 2.46. The highest BCUT2D eigenvalue weighted by Crippen LogP contribution is 2.14. The lowest BCUT2D eigenvalue weighted by Gasteiger charge is -2.12. The molecule has 0 N–H and O–H groups in total. The van der Waals surface area contributed by atoms with Crippen LogP contribution in [0.4, 0.5) is 5.82 Å². The van der Waals surface area contributed by atoms with Gasteiger partial charge in [0.1, 0.15) is 12.4 Å². The summed E-state index contributed by atoms with van der Waals surface area (Å²) in [6.07, 6.45) is 3.18. The first kappa shape index (κ1) is 7.21. The molecule has 0 saturated carbocycles. The minimum absolute atomic E-state index is 0.408. The lowest BCUT2D eigenvalue weighted by Crippen LogP contribution is -2.15. The maximum atomic E-state index is 9.91. The van der Waals surface area contributed by atoms with Crippen molar-refractivity contribution in [1.82, 2.24) is 9.55 Å². The predicted octanol–water partition coefficient (Wildman–Crippen LogP) is 0.381. The summed E-state index contributed by atoms with van der Waals surface area (Å²) in [4.78, 5) is 17.4. The SMILES string of the molecule is O=C=Nc1cn2c(n1)COCC2. The Morgan fingerprint density at radius 3 is 3.42 bits per heavy atom. The van der Waals surface area contributed by atoms with Crippen molar-refractivity contribution in [2.75, 3.05) is 6.61 Å². The standard InChI is InChI=1S/C7H7N3O2/c11-5-8-6-3-10-1-2-12-4-7(10)9-6/h3H,1-2,4H2. The normalized spacial score (nSPS) is 15.0. The Kier molecular flexibility index (Phi) is 1.74. The molecule has 5 nitrogen and oxygen atoms in total. The van der Waals surface area contributed by atoms with Crippen molar-refractivity contribution >= 4 is 11.9 Å². The van der Waals surface area contributed by atoms with Crippen LogP contribution >= 0.6 is 0 Å². The summed E-state index contributed by atoms with van der Waals surface area (Å²) in [7, 11) is 0. The third-order valence-electron chi connectivity index (χ3n) is 1.71. The first-order chi connectivity index (χ1) is 5.90. The van der Waals surface area contributed by atoms with E-state index in [9.17, 15) is 4.79 Å². The molecule has 0 fully saturated rings. The summed E-state index contributed by atoms with van der Waals surface area (Å²) in [5.41, 5.74) is 0. The topological polar surface area (TPSA) is 56.5 Å². The Bertz CT molecular complexity index is 315. The van der Waals surface area contributed by atoms with Crippen molar-refractivity contribution < 1.29 is 9.53 Å². The lowest BCUT2D eigenvalue weighted by molar-refractivity contribution is 0.0816. The van der Waals surface area contributed by atoms with E-state index >= 15 is 0 Å². The van der Waals surface area contributed by atoms with Crippen LogP contribution in [-0.4, -0.2) is 22.2 Å². The largest absolute Gasteiger partial charge is 0.372 e. The predicted molar refractivity (Wildman–Crippen MR) is 39.7 cm³/mol. The number of ether oxygens (including phenoxy) is 1. The van der Waals surface area contributed by atoms with E-state index in [0.29, 0.717) is 19.0 Å². The third kappa shape index (κ3) is 1.15. The summed E-state index contributed by atoms with van der Waals surface area (Å²) >= 11 is 0. The first-order valence-electron chi connectivity index (χ1n) is 3.62. The van der Waals surface area contributed by atoms with Gasteiger partial charge in [-0.1, -0.05) is 0 Å². The molecule has 0 aromatic carbocycles. The van der Waals surface area contributed by atoms with Crippen molar-refractivity contribution in [3.8, 4) is 0 Å². The Hall–Kier alpha value is -1.45. The number of nitrogens with zero attached hydrogens (tertiary/aromatic N) is 3. The van der Waals surface area contributed by atoms with E-state index in [1.54, 1.807) is 6.20 Å². The zero-order valence-electron chi connectivity index (χ0n) is 6.36. The molecule has 2 rings (SSSR count). The molecule has 0 bridgehead atoms. The second kappa shape index (κ2) is 2.89. The van der Waals surface area contributed by atoms with Gasteiger partial charge in [-0.25, -0.2) is 9.78 Å². The van der Waals surface area contributed by atoms with Gasteiger partial charge in [-0.15, -0.1) is 4.99 Å². The van der Waals surface area contributed by atoms with Gasteiger partial charge in [-0.2, -0.15) is 0 Å². The molecule has 1 aliphatic rings. The number of rotatable bonds is 1. The van der Waals surface area contributed by atoms with E-state index in [4.69, 9.17) is 4.74 Å². The molecular formula is C7H7N3O2. The summed E-state index contributed by atoms with van der Waals surface area (Å²) in [5.74, 6) is 1.22. The molecule has 1 aliphatic heterocycles. The fourth-order valence-electron chi connectivity index (χ4n) is 1.17. The summed E-state index contributed by atoms with van der Waals surface area (Å²) in [6.45, 7) is 1.96. The molecule has 62 valence electrons. The quantitative estimate of drug-likeness (QED) is 0.446. The van der Waals surface area contributed by atoms with E-state index in [0.717, 1.165) is 12.4 Å². The van der Waals surface area contributed by atoms with Crippen LogP contribution < -0.4 is 0 Å². The van der Waals surface area contributed by atoms with E-state index < -0.39 is 0 Å². The minimum Gasteiger partial charge on any atom is -0.372 e. The molecule has 0 amide bonds. The van der Waals surface area contributed by atoms with Gasteiger partial charge in [-0.3, -0.25) is 0 Å². The summed E-state index contributed by atoms with van der Waals surface area (Å²) in [6, 6.07) is 0. The molecule has 1 aromatic rings. The molecule has 0 saturated heterocycles. The second-order valence-electron chi connectivity index (χ2n) is 2.46. The Morgan fingerprint density at radius 2 is 2.67 bits per heavy atom. The highest BCUT2D eigenvalue weighted by Gasteiger charge is 2.11. The fourth-order valence-corrected chi connectivity index (χ4v) is 1.17. The Balaban J connectivity index is 2.37. The molecule has 12 heavy (non-hydrogen) atoms. The molecular weight excluding hydrogens is 158 g/mol. The molecule has 1 aromatic heterocycles. The zero-order valence-corrected chi connectivity index (χ0v) is 6.36. The average molecular weight is 165 g/mol. The lowest BCUT2D eigenvalue weighted by atomic mass is 10.5. The Labute approximate surface area is 68.7 Å². The van der Waals surface area contributed by atoms with Crippen molar-refractivity contribution in [2.45, 2.75) is 13.2 Å². The number of isocyanates is 1. The summed E-state index contributed by atoms with van der Waals surface area (Å²) < 4.78 is 7.09. The smallest absolute Gasteiger partial charge is 0.242 e. The van der Waals surface area contributed by atoms with Crippen LogP contribution in [0.2, 0.25) is 0 Å². The molecule has 2 heterocycles. The van der Waals surface area contributed by atoms with Crippen molar-refractivity contribution in [3.05, 3.63) is 12.0 Å². The van der Waals surface area contributed by atoms with Crippen LogP contribution in [0.5, 0.6) is 0 Å². The molecule has 0 aliphatic carbocycles. The van der Waals surface area contributed by atoms with E-state index in [1.165, 1.54) is 6.08 Å². The van der Waals surface area contributed by atoms with Crippen LogP contribution in [0.1, 0.15) is 5.82 Å². The zero-order chi connectivity index (χ0) is 8.39. The number of hydrogen-bond acceptors (Lipinski definition) is 4. The molecule has 0 atom stereocenters. The van der Waals surface area contributed by atoms with Gasteiger partial charge in [0.15, 0.2) is 5.82 Å². The molecule has 0 radical (unpaired) electrons. The minimum atomic E-state index is 0.408. The van der Waals surface area contributed by atoms with Crippen molar-refractivity contribution in [2.24, 2.45) is 4.99 Å². The maximum Gasteiger partial charge on any atom is 0.242 e. The van der Waals surface area contributed by atoms with Gasteiger partial charge in [0.2, 0.25) is 6.08 Å². The van der Waals surface area contributed by atoms with Gasteiger partial charge in [0.25, 0.3) is 0 Å². The number of aliphatic imine (C=N–C) groups is 1. The van der Waals surface area contributed by atoms with Crippen LogP contribution in [0.3, 0.4) is 0 Å². The van der Waals surface area contributed by atoms with Gasteiger partial charge in [-0.05, 0) is 0 Å². The highest BCUT2D eigenvalue weighted by atomic mass is 16.5. The highest BCUT2D eigenvalue weighted by molar-refractivity contribution is 5.43. The van der Waals surface area contributed by atoms with Crippen LogP contribution in [0.15, 0.2) is 11.2 Å². The van der Waals surface area contributed by atoms with E-state index in [1.807, 2.05) is 4.57 Å². The molecule has 0 unspecified atom stereocenters. The van der Waals surface area contributed by atoms with Crippen LogP contribution in [0, 0.1) is 0 Å². The number of imidazole rings is 1. The fraction of sp³-hybridized carbons (Fsp3) is 0.429. The average Bonchev–Trinajstić information content (AvgIpc) is 2.47. The number of fused-ring (bicyclic) bond motifs is 1. The first-order valence-corrected chi connectivity index (χ1v) is 3.62. The van der Waals surface area contributed by atoms with Crippen molar-refractivity contribution in [1.29, 1.82) is 0 Å². The van der Waals surface area contributed by atoms with Gasteiger partial charge >= 0.3 is 0 Å². The van der Waals surface area contributed by atoms with Gasteiger partial charge in [0.05, 0.1) is 12.8 Å². The van der Waals surface area contributed by atoms with Gasteiger partial charge in [0, 0.05) is 6.54 Å².